The van der Waals surface area contributed by atoms with E-state index in [0.29, 0.717) is 23.0 Å². The van der Waals surface area contributed by atoms with Crippen molar-refractivity contribution in [1.82, 2.24) is 10.2 Å². The number of nitrogens with one attached hydrogen (secondary N) is 2. The average molecular weight is 352 g/mol. The van der Waals surface area contributed by atoms with Crippen LogP contribution in [0, 0.1) is 0 Å². The fourth-order valence-corrected chi connectivity index (χ4v) is 4.21. The molecule has 5 nitrogen and oxygen atoms in total. The summed E-state index contributed by atoms with van der Waals surface area (Å²) in [4.78, 5) is 14.9. The zero-order valence-electron chi connectivity index (χ0n) is 14.2. The predicted molar refractivity (Wildman–Crippen MR) is 96.9 cm³/mol. The topological polar surface area (TPSA) is 53.6 Å². The number of methoxy groups -OCH3 is 1. The second-order valence-corrected chi connectivity index (χ2v) is 7.19. The van der Waals surface area contributed by atoms with E-state index in [4.69, 9.17) is 16.3 Å². The summed E-state index contributed by atoms with van der Waals surface area (Å²) in [7, 11) is 1.58. The van der Waals surface area contributed by atoms with Crippen molar-refractivity contribution in [2.75, 3.05) is 38.6 Å². The van der Waals surface area contributed by atoms with Gasteiger partial charge in [0.1, 0.15) is 5.75 Å². The molecule has 2 N–H and O–H groups in total. The summed E-state index contributed by atoms with van der Waals surface area (Å²) in [6.07, 6.45) is 6.19. The number of carbonyl (C=O) groups excluding carboxylic acids is 1. The maximum atomic E-state index is 12.5. The van der Waals surface area contributed by atoms with Crippen LogP contribution in [0.4, 0.5) is 5.69 Å². The van der Waals surface area contributed by atoms with Crippen molar-refractivity contribution in [2.24, 2.45) is 0 Å². The van der Waals surface area contributed by atoms with Crippen LogP contribution in [0.3, 0.4) is 0 Å². The van der Waals surface area contributed by atoms with E-state index in [1.54, 1.807) is 19.2 Å². The van der Waals surface area contributed by atoms with Crippen LogP contribution in [0.15, 0.2) is 18.2 Å². The van der Waals surface area contributed by atoms with Crippen molar-refractivity contribution < 1.29 is 9.53 Å². The van der Waals surface area contributed by atoms with E-state index in [9.17, 15) is 4.79 Å². The Kier molecular flexibility index (Phi) is 5.64. The first kappa shape index (κ1) is 17.5. The van der Waals surface area contributed by atoms with Crippen molar-refractivity contribution in [3.63, 3.8) is 0 Å². The lowest BCUT2D eigenvalue weighted by Gasteiger charge is -2.49. The van der Waals surface area contributed by atoms with Crippen molar-refractivity contribution in [3.8, 4) is 5.75 Å². The van der Waals surface area contributed by atoms with Crippen LogP contribution in [0.5, 0.6) is 5.75 Å². The number of nitrogens with zero attached hydrogens (tertiary/aromatic N) is 1. The Bertz CT molecular complexity index is 579. The van der Waals surface area contributed by atoms with Gasteiger partial charge in [0.15, 0.2) is 0 Å². The number of hydrogen-bond donors (Lipinski definition) is 2. The SMILES string of the molecule is COc1ccc(NC(=O)CN2CCNCC23CCCCC3)cc1Cl. The molecular formula is C18H26ClN3O2. The van der Waals surface area contributed by atoms with Crippen LogP contribution >= 0.6 is 11.6 Å². The van der Waals surface area contributed by atoms with Gasteiger partial charge in [0.25, 0.3) is 0 Å². The maximum absolute atomic E-state index is 12.5. The van der Waals surface area contributed by atoms with E-state index in [1.165, 1.54) is 32.1 Å². The molecule has 0 aromatic heterocycles. The molecule has 1 saturated carbocycles. The molecule has 0 unspecified atom stereocenters. The zero-order chi connectivity index (χ0) is 17.0. The van der Waals surface area contributed by atoms with Crippen LogP contribution in [0.25, 0.3) is 0 Å². The number of hydrogen-bond acceptors (Lipinski definition) is 4. The monoisotopic (exact) mass is 351 g/mol. The summed E-state index contributed by atoms with van der Waals surface area (Å²) in [5.41, 5.74) is 0.865. The lowest BCUT2D eigenvalue weighted by molar-refractivity contribution is -0.120. The Balaban J connectivity index is 1.63. The molecule has 1 saturated heterocycles. The second kappa shape index (κ2) is 7.72. The number of benzene rings is 1. The van der Waals surface area contributed by atoms with Crippen LogP contribution in [-0.4, -0.2) is 49.6 Å². The molecule has 132 valence electrons. The summed E-state index contributed by atoms with van der Waals surface area (Å²) in [5, 5.41) is 6.98. The third kappa shape index (κ3) is 3.85. The molecule has 0 atom stereocenters. The Hall–Kier alpha value is -1.30. The van der Waals surface area contributed by atoms with E-state index >= 15 is 0 Å². The van der Waals surface area contributed by atoms with E-state index in [2.05, 4.69) is 15.5 Å². The van der Waals surface area contributed by atoms with Gasteiger partial charge in [-0.1, -0.05) is 30.9 Å². The van der Waals surface area contributed by atoms with Crippen molar-refractivity contribution in [3.05, 3.63) is 23.2 Å². The molecule has 1 aromatic rings. The summed E-state index contributed by atoms with van der Waals surface area (Å²) < 4.78 is 5.14. The standard InChI is InChI=1S/C18H26ClN3O2/c1-24-16-6-5-14(11-15(16)19)21-17(23)12-22-10-9-20-13-18(22)7-3-2-4-8-18/h5-6,11,20H,2-4,7-10,12-13H2,1H3,(H,21,23). The van der Waals surface area contributed by atoms with Gasteiger partial charge in [-0.05, 0) is 31.0 Å². The van der Waals surface area contributed by atoms with Gasteiger partial charge in [0.2, 0.25) is 5.91 Å². The van der Waals surface area contributed by atoms with Crippen LogP contribution in [0.1, 0.15) is 32.1 Å². The molecule has 1 aliphatic heterocycles. The lowest BCUT2D eigenvalue weighted by atomic mass is 9.79. The van der Waals surface area contributed by atoms with Gasteiger partial charge in [-0.25, -0.2) is 0 Å². The quantitative estimate of drug-likeness (QED) is 0.875. The summed E-state index contributed by atoms with van der Waals surface area (Å²) in [6.45, 7) is 3.31. The van der Waals surface area contributed by atoms with E-state index in [0.717, 1.165) is 19.6 Å². The van der Waals surface area contributed by atoms with Crippen LogP contribution < -0.4 is 15.4 Å². The van der Waals surface area contributed by atoms with Gasteiger partial charge in [0.05, 0.1) is 18.7 Å². The minimum absolute atomic E-state index is 0.0167. The molecule has 24 heavy (non-hydrogen) atoms. The molecule has 1 amide bonds. The molecule has 0 bridgehead atoms. The van der Waals surface area contributed by atoms with Crippen LogP contribution in [-0.2, 0) is 4.79 Å². The first-order valence-corrected chi connectivity index (χ1v) is 9.10. The molecule has 2 fully saturated rings. The van der Waals surface area contributed by atoms with Crippen LogP contribution in [0.2, 0.25) is 5.02 Å². The molecule has 1 aliphatic carbocycles. The van der Waals surface area contributed by atoms with Gasteiger partial charge < -0.3 is 15.4 Å². The smallest absolute Gasteiger partial charge is 0.238 e. The number of rotatable bonds is 4. The molecule has 1 aromatic carbocycles. The number of piperazine rings is 1. The number of halogens is 1. The first-order chi connectivity index (χ1) is 11.6. The predicted octanol–water partition coefficient (Wildman–Crippen LogP) is 2.90. The Morgan fingerprint density at radius 1 is 1.38 bits per heavy atom. The normalized spacial score (nSPS) is 20.8. The van der Waals surface area contributed by atoms with E-state index in [-0.39, 0.29) is 11.4 Å². The largest absolute Gasteiger partial charge is 0.495 e. The van der Waals surface area contributed by atoms with Gasteiger partial charge in [-0.3, -0.25) is 9.69 Å². The number of carbonyl (C=O) groups is 1. The maximum Gasteiger partial charge on any atom is 0.238 e. The highest BCUT2D eigenvalue weighted by Crippen LogP contribution is 2.34. The minimum Gasteiger partial charge on any atom is -0.495 e. The molecule has 3 rings (SSSR count). The highest BCUT2D eigenvalue weighted by atomic mass is 35.5. The molecular weight excluding hydrogens is 326 g/mol. The Morgan fingerprint density at radius 3 is 2.88 bits per heavy atom. The number of amides is 1. The molecule has 2 aliphatic rings. The van der Waals surface area contributed by atoms with E-state index in [1.807, 2.05) is 6.07 Å². The molecule has 6 heteroatoms. The fourth-order valence-electron chi connectivity index (χ4n) is 3.95. The molecule has 1 heterocycles. The van der Waals surface area contributed by atoms with Crippen molar-refractivity contribution in [2.45, 2.75) is 37.6 Å². The van der Waals surface area contributed by atoms with E-state index < -0.39 is 0 Å². The van der Waals surface area contributed by atoms with Crippen molar-refractivity contribution >= 4 is 23.2 Å². The summed E-state index contributed by atoms with van der Waals surface area (Å²) in [5.74, 6) is 0.626. The molecule has 0 radical (unpaired) electrons. The Morgan fingerprint density at radius 2 is 2.17 bits per heavy atom. The van der Waals surface area contributed by atoms with Gasteiger partial charge >= 0.3 is 0 Å². The highest BCUT2D eigenvalue weighted by molar-refractivity contribution is 6.32. The second-order valence-electron chi connectivity index (χ2n) is 6.78. The summed E-state index contributed by atoms with van der Waals surface area (Å²) >= 11 is 6.13. The highest BCUT2D eigenvalue weighted by Gasteiger charge is 2.40. The van der Waals surface area contributed by atoms with Gasteiger partial charge in [-0.15, -0.1) is 0 Å². The van der Waals surface area contributed by atoms with Crippen molar-refractivity contribution in [1.29, 1.82) is 0 Å². The van der Waals surface area contributed by atoms with Gasteiger partial charge in [0, 0.05) is 30.9 Å². The Labute approximate surface area is 148 Å². The third-order valence-corrected chi connectivity index (χ3v) is 5.53. The number of anilines is 1. The van der Waals surface area contributed by atoms with Gasteiger partial charge in [-0.2, -0.15) is 0 Å². The lowest BCUT2D eigenvalue weighted by Crippen LogP contribution is -2.63. The minimum atomic E-state index is 0.0167. The zero-order valence-corrected chi connectivity index (χ0v) is 15.0. The summed E-state index contributed by atoms with van der Waals surface area (Å²) in [6, 6.07) is 5.31. The molecule has 1 spiro atoms. The average Bonchev–Trinajstić information content (AvgIpc) is 2.58. The fraction of sp³-hybridized carbons (Fsp3) is 0.611. The number of ether oxygens (including phenoxy) is 1. The first-order valence-electron chi connectivity index (χ1n) is 8.72. The third-order valence-electron chi connectivity index (χ3n) is 5.24.